The Morgan fingerprint density at radius 1 is 1.19 bits per heavy atom. The van der Waals surface area contributed by atoms with Gasteiger partial charge in [0.25, 0.3) is 0 Å². The molecule has 1 aromatic heterocycles. The van der Waals surface area contributed by atoms with E-state index in [4.69, 9.17) is 4.74 Å². The van der Waals surface area contributed by atoms with E-state index in [1.54, 1.807) is 11.8 Å². The highest BCUT2D eigenvalue weighted by Crippen LogP contribution is 2.35. The third-order valence-electron chi connectivity index (χ3n) is 6.03. The third-order valence-corrected chi connectivity index (χ3v) is 6.03. The summed E-state index contributed by atoms with van der Waals surface area (Å²) in [5.41, 5.74) is 1.91. The van der Waals surface area contributed by atoms with Crippen molar-refractivity contribution in [2.24, 2.45) is 5.41 Å². The minimum atomic E-state index is -0.586. The molecule has 2 aromatic carbocycles. The largest absolute Gasteiger partial charge is 0.494 e. The van der Waals surface area contributed by atoms with Gasteiger partial charge in [-0.2, -0.15) is 5.10 Å². The van der Waals surface area contributed by atoms with Crippen molar-refractivity contribution < 1.29 is 18.6 Å². The minimum Gasteiger partial charge on any atom is -0.494 e. The molecule has 0 unspecified atom stereocenters. The smallest absolute Gasteiger partial charge is 0.144 e. The lowest BCUT2D eigenvalue weighted by Crippen LogP contribution is -2.46. The third kappa shape index (κ3) is 4.78. The first-order valence-electron chi connectivity index (χ1n) is 10.5. The molecule has 4 rings (SSSR count). The first-order valence-corrected chi connectivity index (χ1v) is 10.5. The van der Waals surface area contributed by atoms with Crippen molar-refractivity contribution in [3.63, 3.8) is 0 Å². The lowest BCUT2D eigenvalue weighted by Gasteiger charge is -2.42. The first kappa shape index (κ1) is 21.5. The second kappa shape index (κ2) is 9.16. The van der Waals surface area contributed by atoms with Crippen LogP contribution >= 0.6 is 0 Å². The molecule has 31 heavy (non-hydrogen) atoms. The van der Waals surface area contributed by atoms with Crippen molar-refractivity contribution >= 4 is 0 Å². The first-order chi connectivity index (χ1) is 15.0. The fourth-order valence-electron chi connectivity index (χ4n) is 4.49. The molecule has 164 valence electrons. The highest BCUT2D eigenvalue weighted by atomic mass is 19.1. The quantitative estimate of drug-likeness (QED) is 0.620. The molecule has 7 heteroatoms. The van der Waals surface area contributed by atoms with Crippen LogP contribution in [0.25, 0.3) is 5.69 Å². The average Bonchev–Trinajstić information content (AvgIpc) is 3.24. The van der Waals surface area contributed by atoms with E-state index < -0.39 is 17.0 Å². The lowest BCUT2D eigenvalue weighted by atomic mass is 9.75. The molecule has 0 aliphatic carbocycles. The number of aromatic nitrogens is 2. The van der Waals surface area contributed by atoms with Crippen molar-refractivity contribution in [1.29, 1.82) is 0 Å². The summed E-state index contributed by atoms with van der Waals surface area (Å²) < 4.78 is 34.7. The second-order valence-corrected chi connectivity index (χ2v) is 8.35. The summed E-state index contributed by atoms with van der Waals surface area (Å²) in [6.45, 7) is 2.18. The van der Waals surface area contributed by atoms with Crippen molar-refractivity contribution in [2.45, 2.75) is 25.8 Å². The van der Waals surface area contributed by atoms with Crippen molar-refractivity contribution in [3.05, 3.63) is 77.6 Å². The van der Waals surface area contributed by atoms with Gasteiger partial charge in [0.15, 0.2) is 0 Å². The molecule has 5 nitrogen and oxygen atoms in total. The molecule has 1 atom stereocenters. The number of likely N-dealkylation sites (tertiary alicyclic amines) is 1. The summed E-state index contributed by atoms with van der Waals surface area (Å²) in [6.07, 6.45) is 5.90. The Hall–Kier alpha value is -2.77. The van der Waals surface area contributed by atoms with E-state index in [0.29, 0.717) is 25.1 Å². The standard InChI is InChI=1S/C24H27F2N3O2/c1-31-23-6-3-2-5-22(23)29-15-18(13-27-29)14-28-10-4-9-24(16-28,17-30)12-19-7-8-20(25)11-21(19)26/h2-3,5-8,11,13,15,30H,4,9-10,12,14,16-17H2,1H3/t24-/m1/s1. The van der Waals surface area contributed by atoms with Gasteiger partial charge < -0.3 is 9.84 Å². The maximum Gasteiger partial charge on any atom is 0.144 e. The van der Waals surface area contributed by atoms with E-state index in [-0.39, 0.29) is 6.61 Å². The van der Waals surface area contributed by atoms with Gasteiger partial charge in [0.2, 0.25) is 0 Å². The summed E-state index contributed by atoms with van der Waals surface area (Å²) in [7, 11) is 1.63. The monoisotopic (exact) mass is 427 g/mol. The van der Waals surface area contributed by atoms with Crippen molar-refractivity contribution in [1.82, 2.24) is 14.7 Å². The number of nitrogens with zero attached hydrogens (tertiary/aromatic N) is 3. The summed E-state index contributed by atoms with van der Waals surface area (Å²) in [5.74, 6) is -0.393. The molecule has 1 aliphatic heterocycles. The van der Waals surface area contributed by atoms with Crippen LogP contribution in [0.3, 0.4) is 0 Å². The van der Waals surface area contributed by atoms with Gasteiger partial charge in [-0.15, -0.1) is 0 Å². The van der Waals surface area contributed by atoms with Gasteiger partial charge in [-0.05, 0) is 49.6 Å². The van der Waals surface area contributed by atoms with E-state index in [1.807, 2.05) is 36.7 Å². The lowest BCUT2D eigenvalue weighted by molar-refractivity contribution is 0.0282. The van der Waals surface area contributed by atoms with Crippen LogP contribution < -0.4 is 4.74 Å². The van der Waals surface area contributed by atoms with Crippen molar-refractivity contribution in [3.8, 4) is 11.4 Å². The normalized spacial score (nSPS) is 19.5. The predicted octanol–water partition coefficient (Wildman–Crippen LogP) is 3.98. The molecule has 1 saturated heterocycles. The molecule has 0 saturated carbocycles. The van der Waals surface area contributed by atoms with E-state index in [9.17, 15) is 13.9 Å². The van der Waals surface area contributed by atoms with Gasteiger partial charge >= 0.3 is 0 Å². The Balaban J connectivity index is 1.48. The maximum absolute atomic E-state index is 14.2. The molecule has 0 amide bonds. The summed E-state index contributed by atoms with van der Waals surface area (Å²) in [5, 5.41) is 14.7. The number of piperidine rings is 1. The Kier molecular flexibility index (Phi) is 6.34. The molecule has 1 N–H and O–H groups in total. The number of methoxy groups -OCH3 is 1. The SMILES string of the molecule is COc1ccccc1-n1cc(CN2CCC[C@@](CO)(Cc3ccc(F)cc3F)C2)cn1. The second-order valence-electron chi connectivity index (χ2n) is 8.35. The van der Waals surface area contributed by atoms with E-state index in [0.717, 1.165) is 42.5 Å². The number of hydrogen-bond acceptors (Lipinski definition) is 4. The molecular formula is C24H27F2N3O2. The van der Waals surface area contributed by atoms with Gasteiger partial charge in [0, 0.05) is 36.3 Å². The van der Waals surface area contributed by atoms with Crippen molar-refractivity contribution in [2.75, 3.05) is 26.8 Å². The zero-order valence-corrected chi connectivity index (χ0v) is 17.6. The van der Waals surface area contributed by atoms with E-state index in [2.05, 4.69) is 10.00 Å². The molecule has 1 aliphatic rings. The number of benzene rings is 2. The Labute approximate surface area is 180 Å². The average molecular weight is 427 g/mol. The number of halogens is 2. The van der Waals surface area contributed by atoms with Crippen LogP contribution in [0.2, 0.25) is 0 Å². The maximum atomic E-state index is 14.2. The minimum absolute atomic E-state index is 0.0409. The van der Waals surface area contributed by atoms with Crippen LogP contribution in [0.15, 0.2) is 54.9 Å². The van der Waals surface area contributed by atoms with Crippen LogP contribution in [0.1, 0.15) is 24.0 Å². The van der Waals surface area contributed by atoms with Crippen LogP contribution in [0, 0.1) is 17.0 Å². The van der Waals surface area contributed by atoms with E-state index >= 15 is 0 Å². The molecule has 3 aromatic rings. The summed E-state index contributed by atoms with van der Waals surface area (Å²) in [4.78, 5) is 2.27. The molecule has 0 spiro atoms. The van der Waals surface area contributed by atoms with Gasteiger partial charge in [-0.25, -0.2) is 13.5 Å². The van der Waals surface area contributed by atoms with Gasteiger partial charge in [0.1, 0.15) is 23.1 Å². The van der Waals surface area contributed by atoms with Gasteiger partial charge in [-0.1, -0.05) is 18.2 Å². The predicted molar refractivity (Wildman–Crippen MR) is 114 cm³/mol. The van der Waals surface area contributed by atoms with Crippen LogP contribution in [0.4, 0.5) is 8.78 Å². The summed E-state index contributed by atoms with van der Waals surface area (Å²) >= 11 is 0. The number of hydrogen-bond donors (Lipinski definition) is 1. The Morgan fingerprint density at radius 3 is 2.81 bits per heavy atom. The molecule has 0 bridgehead atoms. The zero-order chi connectivity index (χ0) is 21.8. The zero-order valence-electron chi connectivity index (χ0n) is 17.6. The van der Waals surface area contributed by atoms with Crippen LogP contribution in [0.5, 0.6) is 5.75 Å². The number of aliphatic hydroxyl groups excluding tert-OH is 1. The van der Waals surface area contributed by atoms with Gasteiger partial charge in [-0.3, -0.25) is 4.90 Å². The molecular weight excluding hydrogens is 400 g/mol. The molecule has 2 heterocycles. The molecule has 0 radical (unpaired) electrons. The Morgan fingerprint density at radius 2 is 2.03 bits per heavy atom. The number of rotatable bonds is 7. The number of ether oxygens (including phenoxy) is 1. The summed E-state index contributed by atoms with van der Waals surface area (Å²) in [6, 6.07) is 11.4. The fourth-order valence-corrected chi connectivity index (χ4v) is 4.49. The number of para-hydroxylation sites is 2. The van der Waals surface area contributed by atoms with Gasteiger partial charge in [0.05, 0.1) is 19.9 Å². The number of aliphatic hydroxyl groups is 1. The topological polar surface area (TPSA) is 50.5 Å². The highest BCUT2D eigenvalue weighted by Gasteiger charge is 2.36. The fraction of sp³-hybridized carbons (Fsp3) is 0.375. The highest BCUT2D eigenvalue weighted by molar-refractivity contribution is 5.46. The Bertz CT molecular complexity index is 1040. The molecule has 1 fully saturated rings. The van der Waals surface area contributed by atoms with Crippen LogP contribution in [-0.4, -0.2) is 46.6 Å². The van der Waals surface area contributed by atoms with Crippen LogP contribution in [-0.2, 0) is 13.0 Å². The van der Waals surface area contributed by atoms with E-state index in [1.165, 1.54) is 12.1 Å².